The van der Waals surface area contributed by atoms with Crippen LogP contribution in [0.1, 0.15) is 48.2 Å². The second-order valence-corrected chi connectivity index (χ2v) is 10.0. The number of aromatic nitrogens is 4. The highest BCUT2D eigenvalue weighted by Crippen LogP contribution is 2.33. The van der Waals surface area contributed by atoms with Gasteiger partial charge in [-0.2, -0.15) is 5.10 Å². The first-order chi connectivity index (χ1) is 18.6. The molecule has 7 heteroatoms. The Bertz CT molecular complexity index is 1600. The van der Waals surface area contributed by atoms with Gasteiger partial charge < -0.3 is 0 Å². The fourth-order valence-corrected chi connectivity index (χ4v) is 4.77. The molecule has 2 N–H and O–H groups in total. The molecule has 0 radical (unpaired) electrons. The number of para-hydroxylation sites is 1. The molecule has 1 amide bonds. The molecule has 1 aliphatic carbocycles. The minimum Gasteiger partial charge on any atom is -0.300 e. The van der Waals surface area contributed by atoms with Crippen LogP contribution in [0.15, 0.2) is 85.2 Å². The van der Waals surface area contributed by atoms with Crippen LogP contribution in [0.2, 0.25) is 0 Å². The lowest BCUT2D eigenvalue weighted by molar-refractivity contribution is -0.119. The second-order valence-electron chi connectivity index (χ2n) is 10.0. The summed E-state index contributed by atoms with van der Waals surface area (Å²) in [5, 5.41) is 11.1. The van der Waals surface area contributed by atoms with Gasteiger partial charge in [-0.25, -0.2) is 4.98 Å². The number of carbonyl (C=O) groups excluding carboxylic acids is 2. The van der Waals surface area contributed by atoms with Crippen molar-refractivity contribution in [2.24, 2.45) is 5.92 Å². The Morgan fingerprint density at radius 2 is 1.82 bits per heavy atom. The third-order valence-corrected chi connectivity index (χ3v) is 7.02. The maximum Gasteiger partial charge on any atom is 0.258 e. The Hall–Kier alpha value is -4.52. The van der Waals surface area contributed by atoms with E-state index in [1.807, 2.05) is 77.5 Å². The lowest BCUT2D eigenvalue weighted by Gasteiger charge is -2.10. The number of H-pyrrole nitrogens is 1. The Labute approximate surface area is 220 Å². The number of benzene rings is 3. The van der Waals surface area contributed by atoms with Crippen molar-refractivity contribution >= 4 is 28.5 Å². The summed E-state index contributed by atoms with van der Waals surface area (Å²) in [7, 11) is 0. The van der Waals surface area contributed by atoms with Gasteiger partial charge in [0.15, 0.2) is 0 Å². The van der Waals surface area contributed by atoms with E-state index in [0.717, 1.165) is 39.8 Å². The maximum absolute atomic E-state index is 13.3. The summed E-state index contributed by atoms with van der Waals surface area (Å²) in [6.07, 6.45) is 8.86. The van der Waals surface area contributed by atoms with Gasteiger partial charge in [0.05, 0.1) is 17.4 Å². The van der Waals surface area contributed by atoms with Gasteiger partial charge in [-0.3, -0.25) is 24.6 Å². The first-order valence-electron chi connectivity index (χ1n) is 13.1. The van der Waals surface area contributed by atoms with Crippen LogP contribution < -0.4 is 5.32 Å². The van der Waals surface area contributed by atoms with Gasteiger partial charge in [0.2, 0.25) is 5.95 Å². The number of fused-ring (bicyclic) bond motifs is 1. The van der Waals surface area contributed by atoms with Crippen LogP contribution in [0, 0.1) is 5.92 Å². The van der Waals surface area contributed by atoms with Crippen molar-refractivity contribution in [1.29, 1.82) is 0 Å². The van der Waals surface area contributed by atoms with Gasteiger partial charge in [-0.1, -0.05) is 42.5 Å². The second kappa shape index (κ2) is 10.5. The highest BCUT2D eigenvalue weighted by molar-refractivity contribution is 6.04. The Morgan fingerprint density at radius 3 is 2.66 bits per heavy atom. The molecule has 190 valence electrons. The molecule has 1 fully saturated rings. The Kier molecular flexibility index (Phi) is 6.56. The lowest BCUT2D eigenvalue weighted by Crippen LogP contribution is -2.15. The number of rotatable bonds is 10. The number of nitrogens with one attached hydrogen (secondary N) is 2. The average Bonchev–Trinajstić information content (AvgIpc) is 3.47. The van der Waals surface area contributed by atoms with E-state index in [1.165, 1.54) is 12.8 Å². The van der Waals surface area contributed by atoms with Crippen LogP contribution in [0.3, 0.4) is 0 Å². The number of hydrogen-bond acceptors (Lipinski definition) is 4. The van der Waals surface area contributed by atoms with Crippen LogP contribution in [-0.4, -0.2) is 31.4 Å². The minimum atomic E-state index is -0.233. The first kappa shape index (κ1) is 23.9. The number of nitrogens with zero attached hydrogens (tertiary/aromatic N) is 3. The molecule has 0 atom stereocenters. The number of amides is 1. The van der Waals surface area contributed by atoms with Crippen molar-refractivity contribution in [3.8, 4) is 16.8 Å². The molecule has 2 heterocycles. The van der Waals surface area contributed by atoms with Gasteiger partial charge in [-0.05, 0) is 73.1 Å². The molecule has 5 aromatic rings. The molecular weight excluding hydrogens is 474 g/mol. The van der Waals surface area contributed by atoms with Gasteiger partial charge in [0.25, 0.3) is 5.91 Å². The number of ketones is 1. The molecule has 7 nitrogen and oxygen atoms in total. The van der Waals surface area contributed by atoms with Crippen molar-refractivity contribution in [3.63, 3.8) is 0 Å². The summed E-state index contributed by atoms with van der Waals surface area (Å²) >= 11 is 0. The zero-order valence-corrected chi connectivity index (χ0v) is 21.1. The molecule has 1 aliphatic rings. The number of aromatic amines is 1. The zero-order chi connectivity index (χ0) is 25.9. The smallest absolute Gasteiger partial charge is 0.258 e. The first-order valence-corrected chi connectivity index (χ1v) is 13.1. The monoisotopic (exact) mass is 503 g/mol. The molecule has 6 rings (SSSR count). The van der Waals surface area contributed by atoms with E-state index in [9.17, 15) is 9.59 Å². The maximum atomic E-state index is 13.3. The van der Waals surface area contributed by atoms with Crippen LogP contribution >= 0.6 is 0 Å². The lowest BCUT2D eigenvalue weighted by atomic mass is 10.0. The number of carbonyl (C=O) groups is 2. The third-order valence-electron chi connectivity index (χ3n) is 7.02. The highest BCUT2D eigenvalue weighted by Gasteiger charge is 2.24. The van der Waals surface area contributed by atoms with E-state index in [4.69, 9.17) is 4.98 Å². The third kappa shape index (κ3) is 5.42. The molecule has 2 aromatic heterocycles. The number of aryl methyl sites for hydroxylation is 1. The highest BCUT2D eigenvalue weighted by atomic mass is 16.1. The zero-order valence-electron chi connectivity index (χ0n) is 21.1. The van der Waals surface area contributed by atoms with Crippen molar-refractivity contribution in [2.75, 3.05) is 5.32 Å². The fourth-order valence-electron chi connectivity index (χ4n) is 4.77. The van der Waals surface area contributed by atoms with Gasteiger partial charge in [0.1, 0.15) is 5.78 Å². The Balaban J connectivity index is 1.21. The van der Waals surface area contributed by atoms with E-state index in [1.54, 1.807) is 12.3 Å². The van der Waals surface area contributed by atoms with E-state index in [2.05, 4.69) is 15.5 Å². The standard InChI is InChI=1S/C31H29N5O2/c37-28(16-21-12-13-21)11-5-8-26-20-36(27-9-2-1-3-10-27)31(33-26)34-30(38)24-7-4-6-22(17-24)23-14-15-25-19-32-35-29(25)18-23/h1-4,6-7,9-10,14-15,17-21H,5,8,11-13,16H2,(H,32,35)(H,33,34,38). The molecule has 0 unspecified atom stereocenters. The summed E-state index contributed by atoms with van der Waals surface area (Å²) in [5.74, 6) is 1.19. The SMILES string of the molecule is O=C(CCCc1cn(-c2ccccc2)c(NC(=O)c2cccc(-c3ccc4cn[nH]c4c3)c2)n1)CC1CC1. The largest absolute Gasteiger partial charge is 0.300 e. The number of hydrogen-bond donors (Lipinski definition) is 2. The predicted molar refractivity (Wildman–Crippen MR) is 148 cm³/mol. The quantitative estimate of drug-likeness (QED) is 0.232. The normalized spacial score (nSPS) is 13.1. The van der Waals surface area contributed by atoms with Crippen molar-refractivity contribution in [3.05, 3.63) is 96.4 Å². The van der Waals surface area contributed by atoms with Crippen molar-refractivity contribution in [2.45, 2.75) is 38.5 Å². The predicted octanol–water partition coefficient (Wildman–Crippen LogP) is 6.36. The number of imidazole rings is 1. The van der Waals surface area contributed by atoms with E-state index in [-0.39, 0.29) is 5.91 Å². The van der Waals surface area contributed by atoms with Crippen molar-refractivity contribution in [1.82, 2.24) is 19.7 Å². The number of anilines is 1. The van der Waals surface area contributed by atoms with Gasteiger partial charge >= 0.3 is 0 Å². The van der Waals surface area contributed by atoms with Crippen LogP contribution in [0.25, 0.3) is 27.7 Å². The van der Waals surface area contributed by atoms with Crippen LogP contribution in [0.4, 0.5) is 5.95 Å². The molecule has 3 aromatic carbocycles. The van der Waals surface area contributed by atoms with Gasteiger partial charge in [-0.15, -0.1) is 0 Å². The summed E-state index contributed by atoms with van der Waals surface area (Å²) in [4.78, 5) is 30.3. The molecule has 1 saturated carbocycles. The minimum absolute atomic E-state index is 0.233. The van der Waals surface area contributed by atoms with E-state index >= 15 is 0 Å². The molecule has 0 saturated heterocycles. The van der Waals surface area contributed by atoms with Crippen LogP contribution in [0.5, 0.6) is 0 Å². The van der Waals surface area contributed by atoms with Crippen molar-refractivity contribution < 1.29 is 9.59 Å². The summed E-state index contributed by atoms with van der Waals surface area (Å²) in [5.41, 5.74) is 5.20. The average molecular weight is 504 g/mol. The molecule has 0 spiro atoms. The fraction of sp³-hybridized carbons (Fsp3) is 0.226. The summed E-state index contributed by atoms with van der Waals surface area (Å²) in [6.45, 7) is 0. The topological polar surface area (TPSA) is 92.7 Å². The molecule has 0 bridgehead atoms. The molecule has 0 aliphatic heterocycles. The molecular formula is C31H29N5O2. The number of Topliss-reactive ketones (excluding diaryl/α,β-unsaturated/α-hetero) is 1. The van der Waals surface area contributed by atoms with Crippen LogP contribution in [-0.2, 0) is 11.2 Å². The van der Waals surface area contributed by atoms with E-state index in [0.29, 0.717) is 42.5 Å². The molecule has 38 heavy (non-hydrogen) atoms. The Morgan fingerprint density at radius 1 is 0.974 bits per heavy atom. The van der Waals surface area contributed by atoms with Gasteiger partial charge in [0, 0.05) is 35.7 Å². The summed E-state index contributed by atoms with van der Waals surface area (Å²) in [6, 6.07) is 23.5. The van der Waals surface area contributed by atoms with E-state index < -0.39 is 0 Å². The summed E-state index contributed by atoms with van der Waals surface area (Å²) < 4.78 is 1.90.